The van der Waals surface area contributed by atoms with E-state index in [1.165, 1.54) is 12.2 Å². The van der Waals surface area contributed by atoms with Crippen LogP contribution in [0.5, 0.6) is 11.5 Å². The van der Waals surface area contributed by atoms with Crippen molar-refractivity contribution in [3.8, 4) is 11.5 Å². The van der Waals surface area contributed by atoms with Crippen LogP contribution in [-0.4, -0.2) is 13.2 Å². The zero-order valence-electron chi connectivity index (χ0n) is 13.5. The van der Waals surface area contributed by atoms with Crippen molar-refractivity contribution in [3.63, 3.8) is 0 Å². The quantitative estimate of drug-likeness (QED) is 0.305. The highest BCUT2D eigenvalue weighted by Crippen LogP contribution is 2.56. The summed E-state index contributed by atoms with van der Waals surface area (Å²) in [5.74, 6) is 0.401. The Hall–Kier alpha value is -1.26. The summed E-state index contributed by atoms with van der Waals surface area (Å²) < 4.78 is 44.8. The van der Waals surface area contributed by atoms with E-state index in [-0.39, 0.29) is 24.7 Å². The number of hydrogen-bond donors (Lipinski definition) is 0. The fourth-order valence-electron chi connectivity index (χ4n) is 1.98. The van der Waals surface area contributed by atoms with Crippen molar-refractivity contribution in [2.75, 3.05) is 13.2 Å². The molecule has 0 saturated heterocycles. The molecule has 6 nitrogen and oxygen atoms in total. The minimum atomic E-state index is -3.86. The fourth-order valence-corrected chi connectivity index (χ4v) is 4.23. The summed E-state index contributed by atoms with van der Waals surface area (Å²) in [6, 6.07) is 9.74. The van der Waals surface area contributed by atoms with Gasteiger partial charge in [0.05, 0.1) is 13.2 Å². The van der Waals surface area contributed by atoms with Crippen LogP contribution in [0.15, 0.2) is 61.7 Å². The van der Waals surface area contributed by atoms with E-state index in [0.717, 1.165) is 0 Å². The zero-order chi connectivity index (χ0) is 19.2. The summed E-state index contributed by atoms with van der Waals surface area (Å²) in [7, 11) is 0. The minimum absolute atomic E-state index is 0.0318. The molecule has 0 saturated carbocycles. The highest BCUT2D eigenvalue weighted by Gasteiger charge is 2.25. The molecule has 0 aliphatic carbocycles. The molecule has 2 aromatic carbocycles. The van der Waals surface area contributed by atoms with Gasteiger partial charge in [0.15, 0.2) is 0 Å². The third kappa shape index (κ3) is 5.88. The van der Waals surface area contributed by atoms with Crippen molar-refractivity contribution in [1.82, 2.24) is 0 Å². The lowest BCUT2D eigenvalue weighted by Gasteiger charge is -2.16. The maximum absolute atomic E-state index is 12.2. The van der Waals surface area contributed by atoms with Crippen LogP contribution in [0.25, 0.3) is 10.8 Å². The topological polar surface area (TPSA) is 71.1 Å². The van der Waals surface area contributed by atoms with E-state index in [4.69, 9.17) is 40.6 Å². The van der Waals surface area contributed by atoms with E-state index >= 15 is 0 Å². The lowest BCUT2D eigenvalue weighted by Crippen LogP contribution is -1.96. The molecule has 0 aliphatic rings. The van der Waals surface area contributed by atoms with E-state index in [0.29, 0.717) is 10.8 Å². The summed E-state index contributed by atoms with van der Waals surface area (Å²) in [5, 5.41) is 1.02. The standard InChI is InChI=1S/C16H16Cl2O6P2/c1-3-11-21-25(17,19)23-15-9-5-8-14-13(15)7-6-10-16(14)24-26(18,20)22-12-4-2/h3-10H,1-2,11-12H2. The van der Waals surface area contributed by atoms with Gasteiger partial charge in [0, 0.05) is 33.3 Å². The SMILES string of the molecule is C=CCOP(=O)(Cl)Oc1cccc2c(OP(=O)(Cl)OCC=C)cccc12. The number of halogens is 2. The molecule has 2 rings (SSSR count). The van der Waals surface area contributed by atoms with Gasteiger partial charge in [0.1, 0.15) is 11.5 Å². The van der Waals surface area contributed by atoms with Gasteiger partial charge >= 0.3 is 13.9 Å². The Bertz CT molecular complexity index is 828. The van der Waals surface area contributed by atoms with Gasteiger partial charge in [-0.1, -0.05) is 36.4 Å². The Morgan fingerprint density at radius 1 is 0.808 bits per heavy atom. The number of fused-ring (bicyclic) bond motifs is 1. The number of benzene rings is 2. The summed E-state index contributed by atoms with van der Waals surface area (Å²) in [6.07, 6.45) is 2.80. The number of hydrogen-bond acceptors (Lipinski definition) is 6. The van der Waals surface area contributed by atoms with Crippen molar-refractivity contribution < 1.29 is 27.2 Å². The molecule has 10 heteroatoms. The smallest absolute Gasteiger partial charge is 0.413 e. The van der Waals surface area contributed by atoms with Crippen molar-refractivity contribution in [1.29, 1.82) is 0 Å². The Morgan fingerprint density at radius 3 is 1.54 bits per heavy atom. The van der Waals surface area contributed by atoms with Crippen molar-refractivity contribution in [2.24, 2.45) is 0 Å². The molecule has 2 unspecified atom stereocenters. The highest BCUT2D eigenvalue weighted by molar-refractivity contribution is 7.82. The number of rotatable bonds is 10. The molecule has 2 aromatic rings. The van der Waals surface area contributed by atoms with Crippen LogP contribution in [0.2, 0.25) is 0 Å². The predicted octanol–water partition coefficient (Wildman–Crippen LogP) is 6.70. The van der Waals surface area contributed by atoms with Gasteiger partial charge in [-0.25, -0.2) is 9.13 Å². The second-order valence-corrected chi connectivity index (χ2v) is 9.91. The van der Waals surface area contributed by atoms with Crippen molar-refractivity contribution in [2.45, 2.75) is 0 Å². The van der Waals surface area contributed by atoms with Crippen molar-refractivity contribution >= 4 is 47.2 Å². The molecule has 0 aromatic heterocycles. The van der Waals surface area contributed by atoms with Gasteiger partial charge in [-0.3, -0.25) is 9.05 Å². The third-order valence-corrected chi connectivity index (χ3v) is 5.69. The van der Waals surface area contributed by atoms with Gasteiger partial charge in [-0.15, -0.1) is 13.2 Å². The van der Waals surface area contributed by atoms with Gasteiger partial charge in [-0.2, -0.15) is 0 Å². The molecule has 0 heterocycles. The Balaban J connectivity index is 2.36. The lowest BCUT2D eigenvalue weighted by molar-refractivity contribution is 0.309. The van der Waals surface area contributed by atoms with Gasteiger partial charge in [-0.05, 0) is 12.1 Å². The van der Waals surface area contributed by atoms with E-state index in [2.05, 4.69) is 13.2 Å². The first-order chi connectivity index (χ1) is 12.3. The zero-order valence-corrected chi connectivity index (χ0v) is 16.8. The largest absolute Gasteiger partial charge is 0.477 e. The maximum atomic E-state index is 12.2. The summed E-state index contributed by atoms with van der Waals surface area (Å²) in [4.78, 5) is 0. The fraction of sp³-hybridized carbons (Fsp3) is 0.125. The molecule has 0 bridgehead atoms. The Labute approximate surface area is 160 Å². The van der Waals surface area contributed by atoms with Crippen LogP contribution in [0.4, 0.5) is 0 Å². The molecule has 0 radical (unpaired) electrons. The highest BCUT2D eigenvalue weighted by atomic mass is 35.7. The average molecular weight is 437 g/mol. The molecule has 0 amide bonds. The minimum Gasteiger partial charge on any atom is -0.413 e. The van der Waals surface area contributed by atoms with E-state index in [1.54, 1.807) is 36.4 Å². The molecular weight excluding hydrogens is 421 g/mol. The maximum Gasteiger partial charge on any atom is 0.477 e. The molecule has 0 aliphatic heterocycles. The monoisotopic (exact) mass is 436 g/mol. The van der Waals surface area contributed by atoms with Gasteiger partial charge < -0.3 is 9.05 Å². The normalized spacial score (nSPS) is 15.6. The van der Waals surface area contributed by atoms with Crippen LogP contribution in [0.3, 0.4) is 0 Å². The molecule has 0 spiro atoms. The third-order valence-electron chi connectivity index (χ3n) is 2.95. The first kappa shape index (κ1) is 21.0. The second-order valence-electron chi connectivity index (χ2n) is 4.82. The van der Waals surface area contributed by atoms with Crippen LogP contribution in [0.1, 0.15) is 0 Å². The molecule has 140 valence electrons. The van der Waals surface area contributed by atoms with Crippen LogP contribution in [0, 0.1) is 0 Å². The van der Waals surface area contributed by atoms with Crippen LogP contribution < -0.4 is 9.05 Å². The first-order valence-electron chi connectivity index (χ1n) is 7.29. The van der Waals surface area contributed by atoms with Crippen LogP contribution in [-0.2, 0) is 18.2 Å². The average Bonchev–Trinajstić information content (AvgIpc) is 2.58. The van der Waals surface area contributed by atoms with Gasteiger partial charge in [0.2, 0.25) is 0 Å². The lowest BCUT2D eigenvalue weighted by atomic mass is 10.1. The van der Waals surface area contributed by atoms with Gasteiger partial charge in [0.25, 0.3) is 0 Å². The molecule has 0 N–H and O–H groups in total. The van der Waals surface area contributed by atoms with E-state index < -0.39 is 13.9 Å². The van der Waals surface area contributed by atoms with E-state index in [1.807, 2.05) is 0 Å². The summed E-state index contributed by atoms with van der Waals surface area (Å²) >= 11 is 11.6. The molecule has 0 fully saturated rings. The van der Waals surface area contributed by atoms with Crippen molar-refractivity contribution in [3.05, 3.63) is 61.7 Å². The summed E-state index contributed by atoms with van der Waals surface area (Å²) in [6.45, 7) is -0.881. The molecule has 2 atom stereocenters. The predicted molar refractivity (Wildman–Crippen MR) is 104 cm³/mol. The first-order valence-corrected chi connectivity index (χ1v) is 12.2. The Kier molecular flexibility index (Phi) is 7.36. The molecule has 26 heavy (non-hydrogen) atoms. The summed E-state index contributed by atoms with van der Waals surface area (Å²) in [5.41, 5.74) is 0. The van der Waals surface area contributed by atoms with Crippen LogP contribution >= 0.6 is 36.4 Å². The van der Waals surface area contributed by atoms with E-state index in [9.17, 15) is 9.13 Å². The molecular formula is C16H16Cl2O6P2. The Morgan fingerprint density at radius 2 is 1.19 bits per heavy atom. The second kappa shape index (κ2) is 9.09.